The summed E-state index contributed by atoms with van der Waals surface area (Å²) in [6.45, 7) is 0. The zero-order valence-corrected chi connectivity index (χ0v) is 7.62. The molecule has 16 heavy (non-hydrogen) atoms. The number of nitrogens with zero attached hydrogens (tertiary/aromatic N) is 1. The lowest BCUT2D eigenvalue weighted by molar-refractivity contribution is -0.384. The fourth-order valence-corrected chi connectivity index (χ4v) is 0.987. The van der Waals surface area contributed by atoms with Gasteiger partial charge in [-0.15, -0.1) is 13.2 Å². The number of anilines is 1. The molecule has 0 amide bonds. The average molecular weight is 237 g/mol. The first-order chi connectivity index (χ1) is 7.33. The number of ether oxygens (including phenoxy) is 1. The molecule has 0 aliphatic rings. The zero-order valence-electron chi connectivity index (χ0n) is 7.62. The lowest BCUT2D eigenvalue weighted by Gasteiger charge is -2.09. The van der Waals surface area contributed by atoms with E-state index in [9.17, 15) is 23.3 Å². The van der Waals surface area contributed by atoms with Gasteiger partial charge < -0.3 is 10.2 Å². The first-order valence-electron chi connectivity index (χ1n) is 3.84. The topological polar surface area (TPSA) is 90.4 Å². The van der Waals surface area contributed by atoms with Gasteiger partial charge in [-0.1, -0.05) is 0 Å². The average Bonchev–Trinajstić information content (AvgIpc) is 2.14. The summed E-state index contributed by atoms with van der Waals surface area (Å²) in [6.07, 6.45) is -4.86. The molecule has 0 radical (unpaired) electrons. The second kappa shape index (κ2) is 4.23. The molecule has 9 heteroatoms. The third-order valence-corrected chi connectivity index (χ3v) is 1.55. The molecule has 1 aromatic rings. The molecule has 0 heterocycles. The third-order valence-electron chi connectivity index (χ3n) is 1.55. The molecule has 0 unspecified atom stereocenters. The van der Waals surface area contributed by atoms with E-state index in [-0.39, 0.29) is 5.69 Å². The lowest BCUT2D eigenvalue weighted by atomic mass is 10.2. The van der Waals surface area contributed by atoms with Crippen LogP contribution < -0.4 is 16.0 Å². The summed E-state index contributed by atoms with van der Waals surface area (Å²) in [7, 11) is 0. The molecule has 6 nitrogen and oxygen atoms in total. The fraction of sp³-hybridized carbons (Fsp3) is 0.143. The Labute approximate surface area is 86.9 Å². The highest BCUT2D eigenvalue weighted by atomic mass is 19.4. The summed E-state index contributed by atoms with van der Waals surface area (Å²) in [5.41, 5.74) is 1.20. The van der Waals surface area contributed by atoms with Gasteiger partial charge in [-0.2, -0.15) is 0 Å². The van der Waals surface area contributed by atoms with E-state index in [0.29, 0.717) is 0 Å². The van der Waals surface area contributed by atoms with Gasteiger partial charge in [0, 0.05) is 12.1 Å². The van der Waals surface area contributed by atoms with Crippen LogP contribution in [-0.4, -0.2) is 11.3 Å². The summed E-state index contributed by atoms with van der Waals surface area (Å²) in [5.74, 6) is 4.34. The van der Waals surface area contributed by atoms with Gasteiger partial charge in [0.25, 0.3) is 5.69 Å². The van der Waals surface area contributed by atoms with Crippen molar-refractivity contribution in [3.8, 4) is 5.75 Å². The van der Waals surface area contributed by atoms with Crippen molar-refractivity contribution in [1.29, 1.82) is 0 Å². The molecular weight excluding hydrogens is 231 g/mol. The third kappa shape index (κ3) is 2.98. The smallest absolute Gasteiger partial charge is 0.406 e. The fourth-order valence-electron chi connectivity index (χ4n) is 0.987. The number of nitrogens with two attached hydrogens (primary N) is 1. The molecule has 0 aliphatic carbocycles. The number of hydrazine groups is 1. The van der Waals surface area contributed by atoms with Crippen molar-refractivity contribution in [3.05, 3.63) is 28.3 Å². The number of benzene rings is 1. The van der Waals surface area contributed by atoms with Gasteiger partial charge in [-0.25, -0.2) is 0 Å². The maximum Gasteiger partial charge on any atom is 0.573 e. The molecule has 0 atom stereocenters. The van der Waals surface area contributed by atoms with Crippen LogP contribution in [0, 0.1) is 10.1 Å². The van der Waals surface area contributed by atoms with Crippen molar-refractivity contribution in [2.75, 3.05) is 5.43 Å². The quantitative estimate of drug-likeness (QED) is 0.475. The van der Waals surface area contributed by atoms with E-state index < -0.39 is 22.7 Å². The second-order valence-electron chi connectivity index (χ2n) is 2.63. The van der Waals surface area contributed by atoms with E-state index in [0.717, 1.165) is 18.2 Å². The Bertz CT molecular complexity index is 408. The zero-order chi connectivity index (χ0) is 12.3. The second-order valence-corrected chi connectivity index (χ2v) is 2.63. The standard InChI is InChI=1S/C7H6F3N3O3/c8-7(9,10)16-4-1-2-6(13(14)15)5(3-4)12-11/h1-3,12H,11H2. The number of nitro groups is 1. The van der Waals surface area contributed by atoms with E-state index in [4.69, 9.17) is 5.84 Å². The Morgan fingerprint density at radius 3 is 2.50 bits per heavy atom. The molecule has 0 saturated heterocycles. The molecule has 0 fully saturated rings. The van der Waals surface area contributed by atoms with Crippen molar-refractivity contribution in [2.45, 2.75) is 6.36 Å². The van der Waals surface area contributed by atoms with Crippen molar-refractivity contribution in [2.24, 2.45) is 5.84 Å². The number of nitrogen functional groups attached to an aromatic ring is 1. The van der Waals surface area contributed by atoms with Crippen LogP contribution in [0.4, 0.5) is 24.5 Å². The number of hydrogen-bond donors (Lipinski definition) is 2. The Morgan fingerprint density at radius 2 is 2.06 bits per heavy atom. The van der Waals surface area contributed by atoms with Crippen molar-refractivity contribution < 1.29 is 22.8 Å². The SMILES string of the molecule is NNc1cc(OC(F)(F)F)ccc1[N+](=O)[O-]. The number of nitrogens with one attached hydrogen (secondary N) is 1. The van der Waals surface area contributed by atoms with E-state index in [1.54, 1.807) is 0 Å². The van der Waals surface area contributed by atoms with E-state index in [1.165, 1.54) is 0 Å². The van der Waals surface area contributed by atoms with Crippen LogP contribution in [0.5, 0.6) is 5.75 Å². The van der Waals surface area contributed by atoms with Crippen LogP contribution >= 0.6 is 0 Å². The van der Waals surface area contributed by atoms with Crippen LogP contribution in [0.3, 0.4) is 0 Å². The molecule has 0 aliphatic heterocycles. The van der Waals surface area contributed by atoms with Gasteiger partial charge in [0.1, 0.15) is 11.4 Å². The largest absolute Gasteiger partial charge is 0.573 e. The summed E-state index contributed by atoms with van der Waals surface area (Å²) >= 11 is 0. The maximum atomic E-state index is 11.8. The minimum atomic E-state index is -4.86. The van der Waals surface area contributed by atoms with E-state index >= 15 is 0 Å². The molecular formula is C7H6F3N3O3. The highest BCUT2D eigenvalue weighted by molar-refractivity contribution is 5.63. The highest BCUT2D eigenvalue weighted by Crippen LogP contribution is 2.30. The number of nitro benzene ring substituents is 1. The predicted molar refractivity (Wildman–Crippen MR) is 47.6 cm³/mol. The highest BCUT2D eigenvalue weighted by Gasteiger charge is 2.31. The molecule has 3 N–H and O–H groups in total. The summed E-state index contributed by atoms with van der Waals surface area (Å²) in [5, 5.41) is 10.4. The first-order valence-corrected chi connectivity index (χ1v) is 3.84. The van der Waals surface area contributed by atoms with E-state index in [2.05, 4.69) is 4.74 Å². The van der Waals surface area contributed by atoms with Crippen molar-refractivity contribution in [3.63, 3.8) is 0 Å². The molecule has 0 spiro atoms. The summed E-state index contributed by atoms with van der Waals surface area (Å²) in [6, 6.07) is 2.47. The minimum Gasteiger partial charge on any atom is -0.406 e. The summed E-state index contributed by atoms with van der Waals surface area (Å²) in [4.78, 5) is 9.64. The van der Waals surface area contributed by atoms with Crippen molar-refractivity contribution >= 4 is 11.4 Å². The van der Waals surface area contributed by atoms with Gasteiger partial charge in [-0.05, 0) is 6.07 Å². The normalized spacial score (nSPS) is 11.0. The van der Waals surface area contributed by atoms with Gasteiger partial charge in [-0.3, -0.25) is 16.0 Å². The van der Waals surface area contributed by atoms with Gasteiger partial charge in [0.2, 0.25) is 0 Å². The first kappa shape index (κ1) is 12.0. The molecule has 0 aromatic heterocycles. The molecule has 88 valence electrons. The summed E-state index contributed by atoms with van der Waals surface area (Å²) < 4.78 is 39.0. The van der Waals surface area contributed by atoms with Crippen LogP contribution in [0.2, 0.25) is 0 Å². The number of alkyl halides is 3. The number of hydrogen-bond acceptors (Lipinski definition) is 5. The van der Waals surface area contributed by atoms with Gasteiger partial charge in [0.15, 0.2) is 0 Å². The van der Waals surface area contributed by atoms with Crippen molar-refractivity contribution in [1.82, 2.24) is 0 Å². The van der Waals surface area contributed by atoms with Gasteiger partial charge in [0.05, 0.1) is 4.92 Å². The van der Waals surface area contributed by atoms with Crippen LogP contribution in [0.1, 0.15) is 0 Å². The minimum absolute atomic E-state index is 0.272. The van der Waals surface area contributed by atoms with Gasteiger partial charge >= 0.3 is 6.36 Å². The maximum absolute atomic E-state index is 11.8. The monoisotopic (exact) mass is 237 g/mol. The molecule has 0 saturated carbocycles. The predicted octanol–water partition coefficient (Wildman–Crippen LogP) is 1.78. The van der Waals surface area contributed by atoms with Crippen LogP contribution in [-0.2, 0) is 0 Å². The van der Waals surface area contributed by atoms with Crippen LogP contribution in [0.25, 0.3) is 0 Å². The number of rotatable bonds is 3. The van der Waals surface area contributed by atoms with Crippen LogP contribution in [0.15, 0.2) is 18.2 Å². The molecule has 1 aromatic carbocycles. The Hall–Kier alpha value is -2.03. The molecule has 0 bridgehead atoms. The molecule has 1 rings (SSSR count). The van der Waals surface area contributed by atoms with E-state index in [1.807, 2.05) is 5.43 Å². The Balaban J connectivity index is 3.05. The Kier molecular flexibility index (Phi) is 3.18. The lowest BCUT2D eigenvalue weighted by Crippen LogP contribution is -2.17. The Morgan fingerprint density at radius 1 is 1.44 bits per heavy atom. The number of halogens is 3.